The number of esters is 1. The van der Waals surface area contributed by atoms with E-state index in [0.29, 0.717) is 36.6 Å². The summed E-state index contributed by atoms with van der Waals surface area (Å²) in [6.45, 7) is 10.1. The lowest BCUT2D eigenvalue weighted by Gasteiger charge is -2.32. The number of H-pyrrole nitrogens is 1. The van der Waals surface area contributed by atoms with Gasteiger partial charge in [0.2, 0.25) is 5.91 Å². The summed E-state index contributed by atoms with van der Waals surface area (Å²) >= 11 is 0. The molecule has 1 aromatic heterocycles. The van der Waals surface area contributed by atoms with Crippen molar-refractivity contribution in [1.29, 1.82) is 0 Å². The summed E-state index contributed by atoms with van der Waals surface area (Å²) in [4.78, 5) is 53.3. The van der Waals surface area contributed by atoms with E-state index in [0.717, 1.165) is 12.8 Å². The fraction of sp³-hybridized carbons (Fsp3) is 0.636. The Morgan fingerprint density at radius 3 is 2.29 bits per heavy atom. The summed E-state index contributed by atoms with van der Waals surface area (Å²) in [5.41, 5.74) is 0.913. The Morgan fingerprint density at radius 2 is 1.77 bits per heavy atom. The van der Waals surface area contributed by atoms with Gasteiger partial charge in [-0.3, -0.25) is 9.59 Å². The highest BCUT2D eigenvalue weighted by molar-refractivity contribution is 6.01. The fourth-order valence-corrected chi connectivity index (χ4v) is 3.71. The van der Waals surface area contributed by atoms with Crippen molar-refractivity contribution < 1.29 is 28.7 Å². The van der Waals surface area contributed by atoms with E-state index < -0.39 is 17.7 Å². The van der Waals surface area contributed by atoms with E-state index >= 15 is 0 Å². The number of ether oxygens (including phenoxy) is 2. The van der Waals surface area contributed by atoms with Crippen molar-refractivity contribution in [1.82, 2.24) is 15.2 Å². The number of ketones is 1. The van der Waals surface area contributed by atoms with Gasteiger partial charge in [0.15, 0.2) is 5.78 Å². The van der Waals surface area contributed by atoms with Crippen LogP contribution in [0.1, 0.15) is 72.6 Å². The number of rotatable bonds is 6. The quantitative estimate of drug-likeness (QED) is 0.524. The molecule has 0 aromatic carbocycles. The normalized spacial score (nSPS) is 14.8. The molecule has 0 bridgehead atoms. The second kappa shape index (κ2) is 9.98. The summed E-state index contributed by atoms with van der Waals surface area (Å²) in [6, 6.07) is 0. The maximum Gasteiger partial charge on any atom is 0.407 e. The third-order valence-electron chi connectivity index (χ3n) is 5.30. The number of piperidine rings is 1. The standard InChI is InChI=1S/C22H33N3O6/c1-13-18(20(28)30-6)16(24-19(13)14(2)26)11-17(27)25-9-7-15(8-10-25)12-23-21(29)31-22(3,4)5/h15,24H,7-12H2,1-6H3,(H,23,29). The van der Waals surface area contributed by atoms with Gasteiger partial charge in [-0.1, -0.05) is 0 Å². The molecule has 0 atom stereocenters. The highest BCUT2D eigenvalue weighted by Crippen LogP contribution is 2.23. The van der Waals surface area contributed by atoms with Crippen molar-refractivity contribution >= 4 is 23.8 Å². The molecule has 9 nitrogen and oxygen atoms in total. The minimum absolute atomic E-state index is 0.0145. The van der Waals surface area contributed by atoms with Gasteiger partial charge < -0.3 is 24.7 Å². The van der Waals surface area contributed by atoms with Crippen LogP contribution >= 0.6 is 0 Å². The van der Waals surface area contributed by atoms with Crippen molar-refractivity contribution in [3.8, 4) is 0 Å². The number of likely N-dealkylation sites (tertiary alicyclic amines) is 1. The maximum absolute atomic E-state index is 12.8. The van der Waals surface area contributed by atoms with Crippen LogP contribution in [0.15, 0.2) is 0 Å². The topological polar surface area (TPSA) is 118 Å². The van der Waals surface area contributed by atoms with Crippen LogP contribution in [0.5, 0.6) is 0 Å². The van der Waals surface area contributed by atoms with Crippen LogP contribution in [0, 0.1) is 12.8 Å². The molecule has 1 aromatic rings. The number of methoxy groups -OCH3 is 1. The molecule has 1 saturated heterocycles. The zero-order valence-electron chi connectivity index (χ0n) is 19.2. The number of carbonyl (C=O) groups is 4. The number of amides is 2. The highest BCUT2D eigenvalue weighted by atomic mass is 16.6. The number of aromatic amines is 1. The second-order valence-electron chi connectivity index (χ2n) is 8.91. The minimum Gasteiger partial charge on any atom is -0.465 e. The van der Waals surface area contributed by atoms with Gasteiger partial charge in [-0.2, -0.15) is 0 Å². The Morgan fingerprint density at radius 1 is 1.16 bits per heavy atom. The molecule has 1 fully saturated rings. The van der Waals surface area contributed by atoms with Crippen LogP contribution in [-0.4, -0.2) is 66.0 Å². The van der Waals surface area contributed by atoms with E-state index in [9.17, 15) is 19.2 Å². The first-order valence-corrected chi connectivity index (χ1v) is 10.5. The number of alkyl carbamates (subject to hydrolysis) is 1. The Hall–Kier alpha value is -2.84. The molecule has 2 heterocycles. The Bertz CT molecular complexity index is 844. The molecule has 1 aliphatic rings. The molecule has 2 rings (SSSR count). The smallest absolute Gasteiger partial charge is 0.407 e. The van der Waals surface area contributed by atoms with Crippen LogP contribution < -0.4 is 5.32 Å². The lowest BCUT2D eigenvalue weighted by molar-refractivity contribution is -0.131. The zero-order valence-corrected chi connectivity index (χ0v) is 19.2. The molecule has 31 heavy (non-hydrogen) atoms. The van der Waals surface area contributed by atoms with Gasteiger partial charge in [-0.25, -0.2) is 9.59 Å². The lowest BCUT2D eigenvalue weighted by Crippen LogP contribution is -2.43. The second-order valence-corrected chi connectivity index (χ2v) is 8.91. The Labute approximate surface area is 182 Å². The first-order chi connectivity index (χ1) is 14.4. The molecule has 1 aliphatic heterocycles. The first kappa shape index (κ1) is 24.4. The first-order valence-electron chi connectivity index (χ1n) is 10.5. The number of hydrogen-bond acceptors (Lipinski definition) is 6. The number of hydrogen-bond donors (Lipinski definition) is 2. The number of nitrogens with one attached hydrogen (secondary N) is 2. The van der Waals surface area contributed by atoms with E-state index in [1.54, 1.807) is 11.8 Å². The minimum atomic E-state index is -0.573. The van der Waals surface area contributed by atoms with E-state index in [1.807, 2.05) is 20.8 Å². The predicted octanol–water partition coefficient (Wildman–Crippen LogP) is 2.62. The summed E-state index contributed by atoms with van der Waals surface area (Å²) in [5, 5.41) is 2.79. The zero-order chi connectivity index (χ0) is 23.3. The Kier molecular flexibility index (Phi) is 7.86. The summed E-state index contributed by atoms with van der Waals surface area (Å²) in [5.74, 6) is -0.644. The molecule has 0 unspecified atom stereocenters. The molecule has 172 valence electrons. The van der Waals surface area contributed by atoms with Crippen LogP contribution in [-0.2, 0) is 20.7 Å². The van der Waals surface area contributed by atoms with Crippen LogP contribution in [0.4, 0.5) is 4.79 Å². The molecule has 0 saturated carbocycles. The van der Waals surface area contributed by atoms with Gasteiger partial charge in [-0.05, 0) is 52.0 Å². The summed E-state index contributed by atoms with van der Waals surface area (Å²) in [6.07, 6.45) is 1.06. The van der Waals surface area contributed by atoms with Crippen molar-refractivity contribution in [3.63, 3.8) is 0 Å². The molecule has 0 aliphatic carbocycles. The van der Waals surface area contributed by atoms with Crippen molar-refractivity contribution in [2.75, 3.05) is 26.7 Å². The van der Waals surface area contributed by atoms with E-state index in [2.05, 4.69) is 10.3 Å². The molecule has 0 spiro atoms. The largest absolute Gasteiger partial charge is 0.465 e. The third kappa shape index (κ3) is 6.57. The molecule has 2 N–H and O–H groups in total. The summed E-state index contributed by atoms with van der Waals surface area (Å²) < 4.78 is 10.1. The van der Waals surface area contributed by atoms with Gasteiger partial charge in [0.25, 0.3) is 0 Å². The molecular weight excluding hydrogens is 402 g/mol. The van der Waals surface area contributed by atoms with Crippen molar-refractivity contribution in [2.45, 2.75) is 59.5 Å². The van der Waals surface area contributed by atoms with Gasteiger partial charge in [0.1, 0.15) is 5.60 Å². The molecular formula is C22H33N3O6. The van der Waals surface area contributed by atoms with Crippen LogP contribution in [0.3, 0.4) is 0 Å². The van der Waals surface area contributed by atoms with Gasteiger partial charge in [0, 0.05) is 32.3 Å². The highest BCUT2D eigenvalue weighted by Gasteiger charge is 2.28. The molecule has 2 amide bonds. The van der Waals surface area contributed by atoms with Gasteiger partial charge in [0.05, 0.1) is 24.8 Å². The van der Waals surface area contributed by atoms with E-state index in [1.165, 1.54) is 14.0 Å². The number of nitrogens with zero attached hydrogens (tertiary/aromatic N) is 1. The van der Waals surface area contributed by atoms with Gasteiger partial charge in [-0.15, -0.1) is 0 Å². The monoisotopic (exact) mass is 435 g/mol. The number of aromatic nitrogens is 1. The third-order valence-corrected chi connectivity index (χ3v) is 5.30. The van der Waals surface area contributed by atoms with Crippen LogP contribution in [0.25, 0.3) is 0 Å². The maximum atomic E-state index is 12.8. The van der Waals surface area contributed by atoms with Gasteiger partial charge >= 0.3 is 12.1 Å². The van der Waals surface area contributed by atoms with E-state index in [-0.39, 0.29) is 29.6 Å². The Balaban J connectivity index is 1.94. The number of Topliss-reactive ketones (excluding diaryl/α,β-unsaturated/α-hetero) is 1. The predicted molar refractivity (Wildman–Crippen MR) is 114 cm³/mol. The average Bonchev–Trinajstić information content (AvgIpc) is 3.01. The summed E-state index contributed by atoms with van der Waals surface area (Å²) in [7, 11) is 1.27. The molecule has 0 radical (unpaired) electrons. The van der Waals surface area contributed by atoms with Crippen LogP contribution in [0.2, 0.25) is 0 Å². The number of carbonyl (C=O) groups excluding carboxylic acids is 4. The van der Waals surface area contributed by atoms with E-state index in [4.69, 9.17) is 9.47 Å². The fourth-order valence-electron chi connectivity index (χ4n) is 3.71. The van der Waals surface area contributed by atoms with Crippen molar-refractivity contribution in [2.24, 2.45) is 5.92 Å². The SMILES string of the molecule is COC(=O)c1c(CC(=O)N2CCC(CNC(=O)OC(C)(C)C)CC2)[nH]c(C(C)=O)c1C. The molecule has 9 heteroatoms. The average molecular weight is 436 g/mol. The lowest BCUT2D eigenvalue weighted by atomic mass is 9.96. The van der Waals surface area contributed by atoms with Crippen molar-refractivity contribution in [3.05, 3.63) is 22.5 Å².